The van der Waals surface area contributed by atoms with Crippen molar-refractivity contribution in [2.24, 2.45) is 10.9 Å². The Balaban J connectivity index is 1.45. The summed E-state index contributed by atoms with van der Waals surface area (Å²) in [6.07, 6.45) is -0.907. The molecule has 7 nitrogen and oxygen atoms in total. The van der Waals surface area contributed by atoms with Crippen molar-refractivity contribution < 1.29 is 23.0 Å². The van der Waals surface area contributed by atoms with Gasteiger partial charge in [-0.1, -0.05) is 0 Å². The summed E-state index contributed by atoms with van der Waals surface area (Å²) in [5.74, 6) is 1.04. The van der Waals surface area contributed by atoms with Crippen molar-refractivity contribution in [1.82, 2.24) is 20.0 Å². The fourth-order valence-electron chi connectivity index (χ4n) is 5.30. The molecule has 5 aliphatic heterocycles. The Kier molecular flexibility index (Phi) is 4.90. The second-order valence-electron chi connectivity index (χ2n) is 8.73. The Morgan fingerprint density at radius 3 is 2.66 bits per heavy atom. The Morgan fingerprint density at radius 1 is 1.21 bits per heavy atom. The van der Waals surface area contributed by atoms with Crippen LogP contribution in [0.2, 0.25) is 0 Å². The highest BCUT2D eigenvalue weighted by Crippen LogP contribution is 2.37. The van der Waals surface area contributed by atoms with Crippen molar-refractivity contribution >= 4 is 5.96 Å². The van der Waals surface area contributed by atoms with Crippen LogP contribution in [0.25, 0.3) is 0 Å². The van der Waals surface area contributed by atoms with Crippen LogP contribution in [0.5, 0.6) is 0 Å². The molecule has 0 saturated carbocycles. The van der Waals surface area contributed by atoms with Crippen LogP contribution in [-0.4, -0.2) is 95.7 Å². The third-order valence-corrected chi connectivity index (χ3v) is 6.85. The zero-order chi connectivity index (χ0) is 20.2. The quantitative estimate of drug-likeness (QED) is 0.715. The van der Waals surface area contributed by atoms with Gasteiger partial charge < -0.3 is 29.9 Å². The number of ether oxygens (including phenoxy) is 1. The van der Waals surface area contributed by atoms with E-state index in [-0.39, 0.29) is 37.0 Å². The SMILES string of the molecule is OC1C=C(N2C[C@@H]3C[C@H]2CO3)N=C2N1CC[C@@H](C(F)(F)F)N2CC1CCNCC1. The first-order valence-electron chi connectivity index (χ1n) is 10.6. The first kappa shape index (κ1) is 19.4. The topological polar surface area (TPSA) is 63.6 Å². The number of guanidine groups is 1. The molecule has 162 valence electrons. The van der Waals surface area contributed by atoms with Crippen LogP contribution in [0.1, 0.15) is 25.7 Å². The molecule has 2 bridgehead atoms. The zero-order valence-corrected chi connectivity index (χ0v) is 16.3. The maximum absolute atomic E-state index is 13.9. The van der Waals surface area contributed by atoms with E-state index in [1.165, 1.54) is 4.90 Å². The van der Waals surface area contributed by atoms with Crippen LogP contribution in [0.4, 0.5) is 13.2 Å². The Labute approximate surface area is 168 Å². The van der Waals surface area contributed by atoms with Gasteiger partial charge >= 0.3 is 6.18 Å². The number of rotatable bonds is 3. The molecule has 0 amide bonds. The molecule has 29 heavy (non-hydrogen) atoms. The molecule has 4 atom stereocenters. The van der Waals surface area contributed by atoms with Crippen molar-refractivity contribution in [2.45, 2.75) is 56.3 Å². The third-order valence-electron chi connectivity index (χ3n) is 6.85. The van der Waals surface area contributed by atoms with Gasteiger partial charge in [-0.05, 0) is 44.7 Å². The maximum atomic E-state index is 13.9. The minimum atomic E-state index is -4.33. The standard InChI is InChI=1S/C19H28F3N5O2/c20-19(21,22)15-3-6-25-17(28)8-16(26-10-14-7-13(26)11-29-14)24-18(25)27(15)9-12-1-4-23-5-2-12/h8,12-15,17,23,28H,1-7,9-11H2/t13-,14-,15-,17?/m0/s1. The van der Waals surface area contributed by atoms with Gasteiger partial charge in [0.1, 0.15) is 11.9 Å². The number of piperidine rings is 1. The monoisotopic (exact) mass is 415 g/mol. The van der Waals surface area contributed by atoms with E-state index in [1.54, 1.807) is 11.0 Å². The number of nitrogens with zero attached hydrogens (tertiary/aromatic N) is 4. The number of morpholine rings is 1. The summed E-state index contributed by atoms with van der Waals surface area (Å²) in [6, 6.07) is -1.37. The second kappa shape index (κ2) is 7.31. The highest BCUT2D eigenvalue weighted by molar-refractivity contribution is 5.83. The summed E-state index contributed by atoms with van der Waals surface area (Å²) in [5, 5.41) is 14.0. The van der Waals surface area contributed by atoms with E-state index in [1.807, 2.05) is 0 Å². The summed E-state index contributed by atoms with van der Waals surface area (Å²) in [4.78, 5) is 9.80. The molecule has 0 aromatic heterocycles. The van der Waals surface area contributed by atoms with Crippen molar-refractivity contribution in [3.05, 3.63) is 11.9 Å². The third kappa shape index (κ3) is 3.59. The lowest BCUT2D eigenvalue weighted by molar-refractivity contribution is -0.185. The molecule has 4 fully saturated rings. The van der Waals surface area contributed by atoms with E-state index in [9.17, 15) is 18.3 Å². The summed E-state index contributed by atoms with van der Waals surface area (Å²) >= 11 is 0. The number of hydrogen-bond acceptors (Lipinski definition) is 7. The van der Waals surface area contributed by atoms with E-state index < -0.39 is 18.4 Å². The highest BCUT2D eigenvalue weighted by Gasteiger charge is 2.50. The Bertz CT molecular complexity index is 694. The van der Waals surface area contributed by atoms with Crippen molar-refractivity contribution in [3.8, 4) is 0 Å². The summed E-state index contributed by atoms with van der Waals surface area (Å²) < 4.78 is 47.3. The highest BCUT2D eigenvalue weighted by atomic mass is 19.4. The molecule has 0 radical (unpaired) electrons. The lowest BCUT2D eigenvalue weighted by atomic mass is 9.95. The predicted molar refractivity (Wildman–Crippen MR) is 99.8 cm³/mol. The molecule has 1 unspecified atom stereocenters. The summed E-state index contributed by atoms with van der Waals surface area (Å²) in [6.45, 7) is 3.40. The average molecular weight is 415 g/mol. The van der Waals surface area contributed by atoms with Gasteiger partial charge in [-0.2, -0.15) is 18.2 Å². The molecule has 10 heteroatoms. The fourth-order valence-corrected chi connectivity index (χ4v) is 5.30. The molecule has 0 spiro atoms. The number of likely N-dealkylation sites (tertiary alicyclic amines) is 1. The van der Waals surface area contributed by atoms with Crippen LogP contribution < -0.4 is 5.32 Å². The number of fused-ring (bicyclic) bond motifs is 3. The number of halogens is 3. The molecule has 2 N–H and O–H groups in total. The molecule has 5 rings (SSSR count). The number of aliphatic hydroxyl groups excluding tert-OH is 1. The largest absolute Gasteiger partial charge is 0.408 e. The first-order chi connectivity index (χ1) is 13.9. The number of aliphatic hydroxyl groups is 1. The van der Waals surface area contributed by atoms with Crippen LogP contribution in [0.3, 0.4) is 0 Å². The fraction of sp³-hybridized carbons (Fsp3) is 0.842. The Hall–Kier alpha value is -1.52. The number of alkyl halides is 3. The summed E-state index contributed by atoms with van der Waals surface area (Å²) in [5.41, 5.74) is 0. The smallest absolute Gasteiger partial charge is 0.374 e. The number of hydrogen-bond donors (Lipinski definition) is 2. The lowest BCUT2D eigenvalue weighted by Crippen LogP contribution is -2.63. The van der Waals surface area contributed by atoms with Crippen LogP contribution in [0.15, 0.2) is 16.9 Å². The molecule has 0 aliphatic carbocycles. The van der Waals surface area contributed by atoms with E-state index in [0.717, 1.165) is 32.4 Å². The van der Waals surface area contributed by atoms with Gasteiger partial charge in [0, 0.05) is 25.7 Å². The minimum absolute atomic E-state index is 0.0595. The lowest BCUT2D eigenvalue weighted by Gasteiger charge is -2.49. The van der Waals surface area contributed by atoms with Crippen LogP contribution in [-0.2, 0) is 4.74 Å². The molecule has 5 aliphatic rings. The molecule has 0 aromatic rings. The van der Waals surface area contributed by atoms with Crippen molar-refractivity contribution in [2.75, 3.05) is 39.3 Å². The van der Waals surface area contributed by atoms with Gasteiger partial charge in [0.05, 0.1) is 18.8 Å². The van der Waals surface area contributed by atoms with Gasteiger partial charge in [0.25, 0.3) is 0 Å². The molecular formula is C19H28F3N5O2. The van der Waals surface area contributed by atoms with Gasteiger partial charge in [0.2, 0.25) is 5.96 Å². The van der Waals surface area contributed by atoms with E-state index in [4.69, 9.17) is 9.73 Å². The van der Waals surface area contributed by atoms with E-state index >= 15 is 0 Å². The molecule has 5 heterocycles. The van der Waals surface area contributed by atoms with Crippen molar-refractivity contribution in [3.63, 3.8) is 0 Å². The molecular weight excluding hydrogens is 387 g/mol. The van der Waals surface area contributed by atoms with Gasteiger partial charge in [-0.15, -0.1) is 0 Å². The van der Waals surface area contributed by atoms with E-state index in [2.05, 4.69) is 10.2 Å². The molecule has 4 saturated heterocycles. The predicted octanol–water partition coefficient (Wildman–Crippen LogP) is 0.927. The molecule has 0 aromatic carbocycles. The van der Waals surface area contributed by atoms with Gasteiger partial charge in [-0.25, -0.2) is 0 Å². The Morgan fingerprint density at radius 2 is 2.00 bits per heavy atom. The minimum Gasteiger partial charge on any atom is -0.374 e. The second-order valence-corrected chi connectivity index (χ2v) is 8.73. The number of nitrogens with one attached hydrogen (secondary N) is 1. The van der Waals surface area contributed by atoms with Crippen LogP contribution >= 0.6 is 0 Å². The van der Waals surface area contributed by atoms with E-state index in [0.29, 0.717) is 25.5 Å². The summed E-state index contributed by atoms with van der Waals surface area (Å²) in [7, 11) is 0. The normalized spacial score (nSPS) is 35.7. The zero-order valence-electron chi connectivity index (χ0n) is 16.3. The maximum Gasteiger partial charge on any atom is 0.408 e. The van der Waals surface area contributed by atoms with Gasteiger partial charge in [-0.3, -0.25) is 0 Å². The van der Waals surface area contributed by atoms with Crippen molar-refractivity contribution in [1.29, 1.82) is 0 Å². The first-order valence-corrected chi connectivity index (χ1v) is 10.6. The number of aliphatic imine (C=N–C) groups is 1. The van der Waals surface area contributed by atoms with Crippen LogP contribution in [0, 0.1) is 5.92 Å². The average Bonchev–Trinajstić information content (AvgIpc) is 3.32. The van der Waals surface area contributed by atoms with Gasteiger partial charge in [0.15, 0.2) is 6.23 Å².